The molecule has 2 N–H and O–H groups in total. The molecule has 0 bridgehead atoms. The highest BCUT2D eigenvalue weighted by Crippen LogP contribution is 2.31. The Morgan fingerprint density at radius 2 is 2.00 bits per heavy atom. The second-order valence-electron chi connectivity index (χ2n) is 3.21. The SMILES string of the molecule is CC(N)(c1ccc(F)cc1Br)C(F)F. The van der Waals surface area contributed by atoms with Gasteiger partial charge in [-0.25, -0.2) is 13.2 Å². The van der Waals surface area contributed by atoms with Gasteiger partial charge in [0.2, 0.25) is 0 Å². The monoisotopic (exact) mass is 267 g/mol. The first kappa shape index (κ1) is 11.5. The van der Waals surface area contributed by atoms with Crippen molar-refractivity contribution in [3.63, 3.8) is 0 Å². The van der Waals surface area contributed by atoms with Crippen molar-refractivity contribution < 1.29 is 13.2 Å². The Bertz CT molecular complexity index is 339. The third kappa shape index (κ3) is 2.09. The quantitative estimate of drug-likeness (QED) is 0.876. The third-order valence-corrected chi connectivity index (χ3v) is 2.62. The number of nitrogens with two attached hydrogens (primary N) is 1. The van der Waals surface area contributed by atoms with E-state index in [2.05, 4.69) is 15.9 Å². The Balaban J connectivity index is 3.19. The number of rotatable bonds is 2. The van der Waals surface area contributed by atoms with Gasteiger partial charge >= 0.3 is 0 Å². The highest BCUT2D eigenvalue weighted by Gasteiger charge is 2.33. The molecule has 1 rings (SSSR count). The van der Waals surface area contributed by atoms with Gasteiger partial charge < -0.3 is 5.73 Å². The molecule has 78 valence electrons. The van der Waals surface area contributed by atoms with E-state index in [-0.39, 0.29) is 10.0 Å². The first-order valence-corrected chi connectivity index (χ1v) is 4.67. The van der Waals surface area contributed by atoms with Crippen LogP contribution in [0.1, 0.15) is 12.5 Å². The molecule has 0 fully saturated rings. The fourth-order valence-corrected chi connectivity index (χ4v) is 1.82. The molecular formula is C9H9BrF3N. The molecule has 5 heteroatoms. The van der Waals surface area contributed by atoms with Gasteiger partial charge in [-0.15, -0.1) is 0 Å². The number of halogens is 4. The summed E-state index contributed by atoms with van der Waals surface area (Å²) in [5.74, 6) is -0.495. The minimum atomic E-state index is -2.70. The van der Waals surface area contributed by atoms with Crippen LogP contribution < -0.4 is 5.73 Å². The molecule has 0 amide bonds. The van der Waals surface area contributed by atoms with Crippen molar-refractivity contribution >= 4 is 15.9 Å². The van der Waals surface area contributed by atoms with Crippen molar-refractivity contribution in [3.05, 3.63) is 34.1 Å². The molecule has 0 radical (unpaired) electrons. The Morgan fingerprint density at radius 3 is 2.43 bits per heavy atom. The summed E-state index contributed by atoms with van der Waals surface area (Å²) in [7, 11) is 0. The summed E-state index contributed by atoms with van der Waals surface area (Å²) in [5.41, 5.74) is 3.85. The number of alkyl halides is 2. The van der Waals surface area contributed by atoms with Gasteiger partial charge in [-0.3, -0.25) is 0 Å². The van der Waals surface area contributed by atoms with Gasteiger partial charge in [0.05, 0.1) is 0 Å². The molecule has 1 aromatic carbocycles. The van der Waals surface area contributed by atoms with Crippen molar-refractivity contribution in [2.75, 3.05) is 0 Å². The van der Waals surface area contributed by atoms with Crippen LogP contribution in [0.4, 0.5) is 13.2 Å². The van der Waals surface area contributed by atoms with Crippen LogP contribution in [0.2, 0.25) is 0 Å². The Morgan fingerprint density at radius 1 is 1.43 bits per heavy atom. The van der Waals surface area contributed by atoms with E-state index in [1.54, 1.807) is 0 Å². The molecular weight excluding hydrogens is 259 g/mol. The van der Waals surface area contributed by atoms with E-state index in [1.807, 2.05) is 0 Å². The minimum absolute atomic E-state index is 0.189. The van der Waals surface area contributed by atoms with E-state index in [4.69, 9.17) is 5.73 Å². The lowest BCUT2D eigenvalue weighted by atomic mass is 9.94. The van der Waals surface area contributed by atoms with E-state index < -0.39 is 17.8 Å². The van der Waals surface area contributed by atoms with Crippen LogP contribution in [0.15, 0.2) is 22.7 Å². The molecule has 1 nitrogen and oxygen atoms in total. The molecule has 0 aliphatic carbocycles. The largest absolute Gasteiger partial charge is 0.317 e. The van der Waals surface area contributed by atoms with E-state index in [9.17, 15) is 13.2 Å². The Hall–Kier alpha value is -0.550. The van der Waals surface area contributed by atoms with E-state index in [1.165, 1.54) is 13.0 Å². The minimum Gasteiger partial charge on any atom is -0.317 e. The standard InChI is InChI=1S/C9H9BrF3N/c1-9(14,8(12)13)6-3-2-5(11)4-7(6)10/h2-4,8H,14H2,1H3. The van der Waals surface area contributed by atoms with Crippen LogP contribution in [0.3, 0.4) is 0 Å². The fourth-order valence-electron chi connectivity index (χ4n) is 1.04. The van der Waals surface area contributed by atoms with Crippen LogP contribution in [0.5, 0.6) is 0 Å². The van der Waals surface area contributed by atoms with Gasteiger partial charge in [0, 0.05) is 4.47 Å². The lowest BCUT2D eigenvalue weighted by Gasteiger charge is -2.25. The van der Waals surface area contributed by atoms with Crippen molar-refractivity contribution in [2.24, 2.45) is 5.73 Å². The molecule has 1 atom stereocenters. The Kier molecular flexibility index (Phi) is 3.21. The van der Waals surface area contributed by atoms with Gasteiger partial charge in [0.1, 0.15) is 11.4 Å². The van der Waals surface area contributed by atoms with Crippen molar-refractivity contribution in [1.82, 2.24) is 0 Å². The fraction of sp³-hybridized carbons (Fsp3) is 0.333. The maximum atomic E-state index is 12.7. The summed E-state index contributed by atoms with van der Waals surface area (Å²) in [6.07, 6.45) is -2.70. The average Bonchev–Trinajstić information content (AvgIpc) is 2.02. The summed E-state index contributed by atoms with van der Waals surface area (Å²) in [5, 5.41) is 0. The Labute approximate surface area is 88.2 Å². The van der Waals surface area contributed by atoms with E-state index >= 15 is 0 Å². The van der Waals surface area contributed by atoms with Crippen LogP contribution in [-0.2, 0) is 5.54 Å². The number of hydrogen-bond acceptors (Lipinski definition) is 1. The molecule has 0 saturated heterocycles. The smallest absolute Gasteiger partial charge is 0.260 e. The predicted octanol–water partition coefficient (Wildman–Crippen LogP) is 3.03. The van der Waals surface area contributed by atoms with Crippen molar-refractivity contribution in [3.8, 4) is 0 Å². The zero-order valence-electron chi connectivity index (χ0n) is 7.40. The lowest BCUT2D eigenvalue weighted by Crippen LogP contribution is -2.40. The molecule has 1 unspecified atom stereocenters. The number of benzene rings is 1. The normalized spacial score (nSPS) is 15.6. The molecule has 0 saturated carbocycles. The van der Waals surface area contributed by atoms with E-state index in [0.29, 0.717) is 0 Å². The predicted molar refractivity (Wildman–Crippen MR) is 51.6 cm³/mol. The molecule has 0 aliphatic rings. The molecule has 1 aromatic rings. The highest BCUT2D eigenvalue weighted by molar-refractivity contribution is 9.10. The third-order valence-electron chi connectivity index (χ3n) is 1.96. The molecule has 0 aromatic heterocycles. The zero-order valence-corrected chi connectivity index (χ0v) is 8.98. The summed E-state index contributed by atoms with van der Waals surface area (Å²) in [6.45, 7) is 1.20. The van der Waals surface area contributed by atoms with Gasteiger partial charge in [-0.1, -0.05) is 22.0 Å². The lowest BCUT2D eigenvalue weighted by molar-refractivity contribution is 0.0621. The number of hydrogen-bond donors (Lipinski definition) is 1. The highest BCUT2D eigenvalue weighted by atomic mass is 79.9. The first-order chi connectivity index (χ1) is 6.35. The van der Waals surface area contributed by atoms with Crippen LogP contribution >= 0.6 is 15.9 Å². The summed E-state index contributed by atoms with van der Waals surface area (Å²) in [4.78, 5) is 0. The first-order valence-electron chi connectivity index (χ1n) is 3.88. The van der Waals surface area contributed by atoms with Gasteiger partial charge in [-0.2, -0.15) is 0 Å². The molecule has 0 spiro atoms. The van der Waals surface area contributed by atoms with Crippen LogP contribution in [0.25, 0.3) is 0 Å². The summed E-state index contributed by atoms with van der Waals surface area (Å²) in [6, 6.07) is 3.47. The van der Waals surface area contributed by atoms with Gasteiger partial charge in [0.25, 0.3) is 6.43 Å². The van der Waals surface area contributed by atoms with Crippen molar-refractivity contribution in [1.29, 1.82) is 0 Å². The molecule has 0 aliphatic heterocycles. The topological polar surface area (TPSA) is 26.0 Å². The second-order valence-corrected chi connectivity index (χ2v) is 4.06. The van der Waals surface area contributed by atoms with Gasteiger partial charge in [0.15, 0.2) is 0 Å². The second kappa shape index (κ2) is 3.90. The molecule has 0 heterocycles. The van der Waals surface area contributed by atoms with E-state index in [0.717, 1.165) is 12.1 Å². The zero-order chi connectivity index (χ0) is 10.9. The van der Waals surface area contributed by atoms with Gasteiger partial charge in [-0.05, 0) is 24.6 Å². The average molecular weight is 268 g/mol. The summed E-state index contributed by atoms with van der Waals surface area (Å²) < 4.78 is 38.0. The van der Waals surface area contributed by atoms with Crippen LogP contribution in [-0.4, -0.2) is 6.43 Å². The summed E-state index contributed by atoms with van der Waals surface area (Å²) >= 11 is 3.00. The maximum Gasteiger partial charge on any atom is 0.260 e. The van der Waals surface area contributed by atoms with Crippen LogP contribution in [0, 0.1) is 5.82 Å². The molecule has 14 heavy (non-hydrogen) atoms. The van der Waals surface area contributed by atoms with Crippen molar-refractivity contribution in [2.45, 2.75) is 18.9 Å². The maximum absolute atomic E-state index is 12.7.